The number of aliphatic hydroxyl groups excluding tert-OH is 1. The van der Waals surface area contributed by atoms with Crippen LogP contribution in [0.4, 0.5) is 0 Å². The van der Waals surface area contributed by atoms with E-state index in [1.807, 2.05) is 6.92 Å². The molecule has 2 atom stereocenters. The fourth-order valence-corrected chi connectivity index (χ4v) is 4.00. The number of aromatic nitrogens is 3. The number of benzene rings is 1. The van der Waals surface area contributed by atoms with Gasteiger partial charge in [-0.15, -0.1) is 0 Å². The van der Waals surface area contributed by atoms with Gasteiger partial charge in [0.15, 0.2) is 0 Å². The van der Waals surface area contributed by atoms with Gasteiger partial charge in [-0.1, -0.05) is 11.6 Å². The predicted molar refractivity (Wildman–Crippen MR) is 99.6 cm³/mol. The summed E-state index contributed by atoms with van der Waals surface area (Å²) in [6.07, 6.45) is 0.538. The molecule has 5 heteroatoms. The molecule has 0 amide bonds. The molecule has 2 aromatic heterocycles. The summed E-state index contributed by atoms with van der Waals surface area (Å²) in [6, 6.07) is 8.61. The molecule has 25 heavy (non-hydrogen) atoms. The standard InChI is InChI=1S/C20H26N4O/c1-12-4-5-18-17(6-12)14(3)19(21-18)10-24-9-15(20(25)11-24)8-16-7-13(2)22-23-16/h4-7,15,20-21,25H,8-11H2,1-3H3,(H,22,23)/t15-,20-/m1/s1. The van der Waals surface area contributed by atoms with E-state index >= 15 is 0 Å². The van der Waals surface area contributed by atoms with Gasteiger partial charge < -0.3 is 10.1 Å². The molecular weight excluding hydrogens is 312 g/mol. The molecule has 1 saturated heterocycles. The fourth-order valence-electron chi connectivity index (χ4n) is 4.00. The van der Waals surface area contributed by atoms with E-state index in [0.29, 0.717) is 0 Å². The molecule has 0 bridgehead atoms. The first-order chi connectivity index (χ1) is 12.0. The number of rotatable bonds is 4. The van der Waals surface area contributed by atoms with Crippen molar-refractivity contribution in [1.29, 1.82) is 0 Å². The Balaban J connectivity index is 1.47. The predicted octanol–water partition coefficient (Wildman–Crippen LogP) is 2.85. The Morgan fingerprint density at radius 1 is 1.20 bits per heavy atom. The molecule has 1 aliphatic rings. The first-order valence-electron chi connectivity index (χ1n) is 8.98. The molecule has 132 valence electrons. The Kier molecular flexibility index (Phi) is 4.13. The normalized spacial score (nSPS) is 21.4. The van der Waals surface area contributed by atoms with Crippen molar-refractivity contribution >= 4 is 10.9 Å². The summed E-state index contributed by atoms with van der Waals surface area (Å²) < 4.78 is 0. The lowest BCUT2D eigenvalue weighted by Crippen LogP contribution is -2.22. The van der Waals surface area contributed by atoms with Crippen LogP contribution in [0.1, 0.15) is 28.2 Å². The first kappa shape index (κ1) is 16.4. The van der Waals surface area contributed by atoms with Crippen molar-refractivity contribution in [3.8, 4) is 0 Å². The molecule has 3 N–H and O–H groups in total. The van der Waals surface area contributed by atoms with Gasteiger partial charge in [-0.05, 0) is 51.0 Å². The highest BCUT2D eigenvalue weighted by atomic mass is 16.3. The maximum atomic E-state index is 10.5. The fraction of sp³-hybridized carbons (Fsp3) is 0.450. The molecule has 5 nitrogen and oxygen atoms in total. The number of β-amino-alcohol motifs (C(OH)–C–C–N with tert-alkyl or cyclic N) is 1. The SMILES string of the molecule is Cc1ccc2[nH]c(CN3C[C@@H](Cc4cc(C)[nH]n4)[C@H](O)C3)c(C)c2c1. The Bertz CT molecular complexity index is 894. The zero-order valence-corrected chi connectivity index (χ0v) is 15.1. The third-order valence-corrected chi connectivity index (χ3v) is 5.41. The molecular formula is C20H26N4O. The van der Waals surface area contributed by atoms with E-state index in [9.17, 15) is 5.11 Å². The van der Waals surface area contributed by atoms with Gasteiger partial charge in [0.05, 0.1) is 11.8 Å². The average molecular weight is 338 g/mol. The van der Waals surface area contributed by atoms with Crippen molar-refractivity contribution in [2.45, 2.75) is 39.8 Å². The van der Waals surface area contributed by atoms with Crippen LogP contribution in [-0.2, 0) is 13.0 Å². The Hall–Kier alpha value is -2.11. The number of likely N-dealkylation sites (tertiary alicyclic amines) is 1. The maximum absolute atomic E-state index is 10.5. The number of hydrogen-bond acceptors (Lipinski definition) is 3. The lowest BCUT2D eigenvalue weighted by atomic mass is 10.0. The van der Waals surface area contributed by atoms with Crippen molar-refractivity contribution in [2.24, 2.45) is 5.92 Å². The molecule has 1 fully saturated rings. The Morgan fingerprint density at radius 2 is 2.04 bits per heavy atom. The highest BCUT2D eigenvalue weighted by Crippen LogP contribution is 2.27. The molecule has 4 rings (SSSR count). The minimum Gasteiger partial charge on any atom is -0.391 e. The second-order valence-corrected chi connectivity index (χ2v) is 7.55. The van der Waals surface area contributed by atoms with Crippen LogP contribution in [-0.4, -0.2) is 44.4 Å². The summed E-state index contributed by atoms with van der Waals surface area (Å²) in [7, 11) is 0. The van der Waals surface area contributed by atoms with Crippen LogP contribution in [0.3, 0.4) is 0 Å². The number of aromatic amines is 2. The molecule has 0 aliphatic carbocycles. The lowest BCUT2D eigenvalue weighted by molar-refractivity contribution is 0.140. The molecule has 3 heterocycles. The van der Waals surface area contributed by atoms with Gasteiger partial charge in [0, 0.05) is 47.8 Å². The van der Waals surface area contributed by atoms with E-state index in [0.717, 1.165) is 37.4 Å². The second-order valence-electron chi connectivity index (χ2n) is 7.55. The minimum atomic E-state index is -0.288. The molecule has 1 aromatic carbocycles. The van der Waals surface area contributed by atoms with Crippen molar-refractivity contribution in [1.82, 2.24) is 20.1 Å². The van der Waals surface area contributed by atoms with Crippen molar-refractivity contribution in [3.05, 3.63) is 52.5 Å². The smallest absolute Gasteiger partial charge is 0.0711 e. The molecule has 0 spiro atoms. The van der Waals surface area contributed by atoms with Crippen LogP contribution in [0.15, 0.2) is 24.3 Å². The summed E-state index contributed by atoms with van der Waals surface area (Å²) in [6.45, 7) is 8.80. The summed E-state index contributed by atoms with van der Waals surface area (Å²) in [5, 5.41) is 19.1. The topological polar surface area (TPSA) is 67.9 Å². The molecule has 1 aliphatic heterocycles. The van der Waals surface area contributed by atoms with Crippen molar-refractivity contribution in [3.63, 3.8) is 0 Å². The second kappa shape index (κ2) is 6.32. The van der Waals surface area contributed by atoms with Gasteiger partial charge in [0.25, 0.3) is 0 Å². The zero-order valence-electron chi connectivity index (χ0n) is 15.1. The van der Waals surface area contributed by atoms with Gasteiger partial charge in [-0.25, -0.2) is 0 Å². The van der Waals surface area contributed by atoms with Crippen molar-refractivity contribution in [2.75, 3.05) is 13.1 Å². The van der Waals surface area contributed by atoms with Crippen LogP contribution in [0.25, 0.3) is 10.9 Å². The minimum absolute atomic E-state index is 0.245. The van der Waals surface area contributed by atoms with Crippen LogP contribution in [0.2, 0.25) is 0 Å². The number of aryl methyl sites for hydroxylation is 3. The van der Waals surface area contributed by atoms with E-state index < -0.39 is 0 Å². The molecule has 0 radical (unpaired) electrons. The lowest BCUT2D eigenvalue weighted by Gasteiger charge is -2.15. The largest absolute Gasteiger partial charge is 0.391 e. The van der Waals surface area contributed by atoms with E-state index in [1.165, 1.54) is 27.7 Å². The summed E-state index contributed by atoms with van der Waals surface area (Å²) in [5.41, 5.74) is 7.17. The third-order valence-electron chi connectivity index (χ3n) is 5.41. The molecule has 0 saturated carbocycles. The number of aliphatic hydroxyl groups is 1. The van der Waals surface area contributed by atoms with E-state index in [4.69, 9.17) is 0 Å². The van der Waals surface area contributed by atoms with Gasteiger partial charge in [0.1, 0.15) is 0 Å². The monoisotopic (exact) mass is 338 g/mol. The summed E-state index contributed by atoms with van der Waals surface area (Å²) >= 11 is 0. The Morgan fingerprint density at radius 3 is 2.80 bits per heavy atom. The number of H-pyrrole nitrogens is 2. The Labute approximate surface area is 148 Å². The number of fused-ring (bicyclic) bond motifs is 1. The van der Waals surface area contributed by atoms with Crippen LogP contribution >= 0.6 is 0 Å². The highest BCUT2D eigenvalue weighted by Gasteiger charge is 2.32. The third kappa shape index (κ3) is 3.22. The van der Waals surface area contributed by atoms with Gasteiger partial charge in [-0.2, -0.15) is 5.10 Å². The number of hydrogen-bond donors (Lipinski definition) is 3. The van der Waals surface area contributed by atoms with Gasteiger partial charge in [-0.3, -0.25) is 10.00 Å². The van der Waals surface area contributed by atoms with Crippen molar-refractivity contribution < 1.29 is 5.11 Å². The first-order valence-corrected chi connectivity index (χ1v) is 8.98. The van der Waals surface area contributed by atoms with Crippen LogP contribution < -0.4 is 0 Å². The van der Waals surface area contributed by atoms with E-state index in [1.54, 1.807) is 0 Å². The number of nitrogens with zero attached hydrogens (tertiary/aromatic N) is 2. The van der Waals surface area contributed by atoms with Gasteiger partial charge >= 0.3 is 0 Å². The highest BCUT2D eigenvalue weighted by molar-refractivity contribution is 5.85. The van der Waals surface area contributed by atoms with Crippen LogP contribution in [0, 0.1) is 26.7 Å². The molecule has 3 aromatic rings. The van der Waals surface area contributed by atoms with Crippen LogP contribution in [0.5, 0.6) is 0 Å². The van der Waals surface area contributed by atoms with Gasteiger partial charge in [0.2, 0.25) is 0 Å². The zero-order chi connectivity index (χ0) is 17.6. The van der Waals surface area contributed by atoms with E-state index in [2.05, 4.69) is 58.2 Å². The van der Waals surface area contributed by atoms with E-state index in [-0.39, 0.29) is 12.0 Å². The average Bonchev–Trinajstić information content (AvgIpc) is 3.21. The molecule has 0 unspecified atom stereocenters. The summed E-state index contributed by atoms with van der Waals surface area (Å²) in [4.78, 5) is 5.91. The summed E-state index contributed by atoms with van der Waals surface area (Å²) in [5.74, 6) is 0.245. The maximum Gasteiger partial charge on any atom is 0.0711 e. The number of nitrogens with one attached hydrogen (secondary N) is 2. The quantitative estimate of drug-likeness (QED) is 0.685.